The SMILES string of the molecule is CSc1nc2c(F)c(-c3cccc(C)c3Cl)c(C)cc2c2c1ncn2C1CCN(C(=O)OC(C)(C)C)CC1. The first-order valence-corrected chi connectivity index (χ1v) is 14.4. The molecule has 1 aliphatic rings. The molecular formula is C29H32ClFN4O2S. The van der Waals surface area contributed by atoms with Gasteiger partial charge in [-0.2, -0.15) is 0 Å². The van der Waals surface area contributed by atoms with Gasteiger partial charge in [0.05, 0.1) is 16.9 Å². The van der Waals surface area contributed by atoms with Gasteiger partial charge in [0.1, 0.15) is 21.7 Å². The normalized spacial score (nSPS) is 15.0. The summed E-state index contributed by atoms with van der Waals surface area (Å²) in [6.45, 7) is 10.6. The zero-order valence-electron chi connectivity index (χ0n) is 22.6. The Kier molecular flexibility index (Phi) is 7.07. The van der Waals surface area contributed by atoms with E-state index in [0.717, 1.165) is 40.4 Å². The molecular weight excluding hydrogens is 523 g/mol. The highest BCUT2D eigenvalue weighted by Gasteiger charge is 2.29. The molecule has 0 aliphatic carbocycles. The van der Waals surface area contributed by atoms with Gasteiger partial charge in [0.15, 0.2) is 5.82 Å². The molecule has 2 aromatic carbocycles. The van der Waals surface area contributed by atoms with Crippen LogP contribution in [0.2, 0.25) is 5.02 Å². The number of carbonyl (C=O) groups excluding carboxylic acids is 1. The fraction of sp³-hybridized carbons (Fsp3) is 0.414. The molecule has 0 spiro atoms. The molecule has 0 saturated carbocycles. The molecule has 6 nitrogen and oxygen atoms in total. The summed E-state index contributed by atoms with van der Waals surface area (Å²) in [7, 11) is 0. The molecule has 0 bridgehead atoms. The largest absolute Gasteiger partial charge is 0.444 e. The molecule has 200 valence electrons. The van der Waals surface area contributed by atoms with E-state index in [2.05, 4.69) is 4.57 Å². The fourth-order valence-corrected chi connectivity index (χ4v) is 5.98. The number of nitrogens with zero attached hydrogens (tertiary/aromatic N) is 4. The van der Waals surface area contributed by atoms with E-state index in [-0.39, 0.29) is 18.0 Å². The molecule has 38 heavy (non-hydrogen) atoms. The van der Waals surface area contributed by atoms with E-state index < -0.39 is 5.60 Å². The molecule has 1 aliphatic heterocycles. The van der Waals surface area contributed by atoms with E-state index in [1.165, 1.54) is 11.8 Å². The van der Waals surface area contributed by atoms with Crippen molar-refractivity contribution in [1.29, 1.82) is 0 Å². The van der Waals surface area contributed by atoms with Gasteiger partial charge in [-0.05, 0) is 70.9 Å². The van der Waals surface area contributed by atoms with Crippen molar-refractivity contribution in [2.75, 3.05) is 19.3 Å². The summed E-state index contributed by atoms with van der Waals surface area (Å²) in [4.78, 5) is 23.8. The zero-order valence-corrected chi connectivity index (χ0v) is 24.1. The Morgan fingerprint density at radius 3 is 2.53 bits per heavy atom. The van der Waals surface area contributed by atoms with E-state index >= 15 is 4.39 Å². The second kappa shape index (κ2) is 10.0. The van der Waals surface area contributed by atoms with Gasteiger partial charge in [0.2, 0.25) is 0 Å². The number of halogens is 2. The average Bonchev–Trinajstić information content (AvgIpc) is 3.31. The highest BCUT2D eigenvalue weighted by Crippen LogP contribution is 2.41. The van der Waals surface area contributed by atoms with E-state index in [1.807, 2.05) is 71.5 Å². The minimum absolute atomic E-state index is 0.119. The number of thioether (sulfide) groups is 1. The lowest BCUT2D eigenvalue weighted by Crippen LogP contribution is -2.42. The average molecular weight is 555 g/mol. The van der Waals surface area contributed by atoms with Gasteiger partial charge in [-0.25, -0.2) is 19.2 Å². The summed E-state index contributed by atoms with van der Waals surface area (Å²) in [5.74, 6) is -0.378. The molecule has 1 amide bonds. The van der Waals surface area contributed by atoms with Gasteiger partial charge in [-0.3, -0.25) is 0 Å². The van der Waals surface area contributed by atoms with Crippen LogP contribution in [0.1, 0.15) is 50.8 Å². The number of hydrogen-bond acceptors (Lipinski definition) is 5. The number of rotatable bonds is 3. The van der Waals surface area contributed by atoms with E-state index in [9.17, 15) is 4.79 Å². The number of piperidine rings is 1. The number of aromatic nitrogens is 3. The van der Waals surface area contributed by atoms with Crippen LogP contribution in [-0.2, 0) is 4.74 Å². The summed E-state index contributed by atoms with van der Waals surface area (Å²) in [6.07, 6.45) is 4.98. The van der Waals surface area contributed by atoms with E-state index in [1.54, 1.807) is 4.90 Å². The summed E-state index contributed by atoms with van der Waals surface area (Å²) < 4.78 is 24.0. The quantitative estimate of drug-likeness (QED) is 0.240. The van der Waals surface area contributed by atoms with Gasteiger partial charge >= 0.3 is 6.09 Å². The van der Waals surface area contributed by atoms with Crippen molar-refractivity contribution < 1.29 is 13.9 Å². The number of imidazole rings is 1. The van der Waals surface area contributed by atoms with E-state index in [4.69, 9.17) is 26.3 Å². The first-order chi connectivity index (χ1) is 18.0. The van der Waals surface area contributed by atoms with Crippen LogP contribution in [0, 0.1) is 19.7 Å². The molecule has 0 unspecified atom stereocenters. The fourth-order valence-electron chi connectivity index (χ4n) is 5.24. The van der Waals surface area contributed by atoms with Crippen LogP contribution in [-0.4, -0.2) is 50.5 Å². The lowest BCUT2D eigenvalue weighted by Gasteiger charge is -2.34. The number of benzene rings is 2. The van der Waals surface area contributed by atoms with Crippen LogP contribution >= 0.6 is 23.4 Å². The Hall–Kier alpha value is -2.84. The third-order valence-corrected chi connectivity index (χ3v) is 8.24. The number of ether oxygens (including phenoxy) is 1. The molecule has 0 radical (unpaired) electrons. The molecule has 3 heterocycles. The lowest BCUT2D eigenvalue weighted by molar-refractivity contribution is 0.0189. The first kappa shape index (κ1) is 26.8. The molecule has 9 heteroatoms. The standard InChI is InChI=1S/C29H32ClFN4O2S/c1-16-8-7-9-19(22(16)30)21-17(2)14-20-24(23(21)31)33-27(38-6)25-26(20)35(15-32-25)18-10-12-34(13-11-18)28(36)37-29(3,4)5/h7-9,14-15,18H,10-13H2,1-6H3. The third kappa shape index (κ3) is 4.73. The topological polar surface area (TPSA) is 60.2 Å². The first-order valence-electron chi connectivity index (χ1n) is 12.8. The predicted molar refractivity (Wildman–Crippen MR) is 153 cm³/mol. The minimum atomic E-state index is -0.530. The van der Waals surface area contributed by atoms with Gasteiger partial charge < -0.3 is 14.2 Å². The van der Waals surface area contributed by atoms with Crippen molar-refractivity contribution in [3.05, 3.63) is 52.6 Å². The summed E-state index contributed by atoms with van der Waals surface area (Å²) in [5.41, 5.74) is 4.24. The summed E-state index contributed by atoms with van der Waals surface area (Å²) in [5, 5.41) is 1.95. The molecule has 1 saturated heterocycles. The second-order valence-electron chi connectivity index (χ2n) is 10.9. The highest BCUT2D eigenvalue weighted by molar-refractivity contribution is 7.98. The highest BCUT2D eigenvalue weighted by atomic mass is 35.5. The molecule has 0 N–H and O–H groups in total. The zero-order chi connectivity index (χ0) is 27.4. The van der Waals surface area contributed by atoms with Crippen molar-refractivity contribution in [2.45, 2.75) is 64.1 Å². The van der Waals surface area contributed by atoms with Crippen LogP contribution < -0.4 is 0 Å². The van der Waals surface area contributed by atoms with Crippen molar-refractivity contribution in [2.24, 2.45) is 0 Å². The Labute approximate surface area is 231 Å². The maximum absolute atomic E-state index is 16.3. The molecule has 2 aromatic heterocycles. The number of carbonyl (C=O) groups is 1. The molecule has 0 atom stereocenters. The molecule has 5 rings (SSSR count). The number of amides is 1. The number of pyridine rings is 1. The van der Waals surface area contributed by atoms with Crippen molar-refractivity contribution in [3.63, 3.8) is 0 Å². The van der Waals surface area contributed by atoms with Gasteiger partial charge in [-0.1, -0.05) is 29.8 Å². The molecule has 4 aromatic rings. The van der Waals surface area contributed by atoms with Crippen LogP contribution in [0.25, 0.3) is 33.1 Å². The molecule has 1 fully saturated rings. The minimum Gasteiger partial charge on any atom is -0.444 e. The monoisotopic (exact) mass is 554 g/mol. The Balaban J connectivity index is 1.60. The van der Waals surface area contributed by atoms with Crippen molar-refractivity contribution in [1.82, 2.24) is 19.4 Å². The van der Waals surface area contributed by atoms with Crippen LogP contribution in [0.5, 0.6) is 0 Å². The second-order valence-corrected chi connectivity index (χ2v) is 12.1. The number of aryl methyl sites for hydroxylation is 2. The van der Waals surface area contributed by atoms with Gasteiger partial charge in [0.25, 0.3) is 0 Å². The maximum atomic E-state index is 16.3. The lowest BCUT2D eigenvalue weighted by atomic mass is 9.95. The van der Waals surface area contributed by atoms with Crippen molar-refractivity contribution >= 4 is 51.4 Å². The number of likely N-dealkylation sites (tertiary alicyclic amines) is 1. The van der Waals surface area contributed by atoms with Gasteiger partial charge in [-0.15, -0.1) is 11.8 Å². The Morgan fingerprint density at radius 1 is 1.16 bits per heavy atom. The Bertz CT molecular complexity index is 1550. The summed E-state index contributed by atoms with van der Waals surface area (Å²) in [6, 6.07) is 7.78. The van der Waals surface area contributed by atoms with E-state index in [0.29, 0.717) is 39.8 Å². The van der Waals surface area contributed by atoms with Crippen LogP contribution in [0.4, 0.5) is 9.18 Å². The number of hydrogen-bond donors (Lipinski definition) is 0. The van der Waals surface area contributed by atoms with Gasteiger partial charge in [0, 0.05) is 35.6 Å². The van der Waals surface area contributed by atoms with Crippen LogP contribution in [0.15, 0.2) is 35.6 Å². The Morgan fingerprint density at radius 2 is 1.87 bits per heavy atom. The van der Waals surface area contributed by atoms with Crippen LogP contribution in [0.3, 0.4) is 0 Å². The maximum Gasteiger partial charge on any atom is 0.410 e. The third-order valence-electron chi connectivity index (χ3n) is 7.07. The summed E-state index contributed by atoms with van der Waals surface area (Å²) >= 11 is 8.07. The predicted octanol–water partition coefficient (Wildman–Crippen LogP) is 7.95. The van der Waals surface area contributed by atoms with Crippen molar-refractivity contribution in [3.8, 4) is 11.1 Å². The smallest absolute Gasteiger partial charge is 0.410 e. The number of fused-ring (bicyclic) bond motifs is 3.